The molecule has 0 aromatic heterocycles. The number of anilines is 1. The molecule has 0 fully saturated rings. The Labute approximate surface area is 104 Å². The van der Waals surface area contributed by atoms with Crippen molar-refractivity contribution in [2.75, 3.05) is 19.0 Å². The van der Waals surface area contributed by atoms with Crippen LogP contribution in [0.1, 0.15) is 18.1 Å². The first-order valence-electron chi connectivity index (χ1n) is 5.55. The summed E-state index contributed by atoms with van der Waals surface area (Å²) in [6.45, 7) is 2.23. The van der Waals surface area contributed by atoms with E-state index in [1.807, 2.05) is 6.92 Å². The Morgan fingerprint density at radius 1 is 1.39 bits per heavy atom. The Morgan fingerprint density at radius 3 is 2.56 bits per heavy atom. The van der Waals surface area contributed by atoms with Crippen LogP contribution in [-0.4, -0.2) is 19.8 Å². The molecule has 1 atom stereocenters. The minimum absolute atomic E-state index is 0.0198. The zero-order chi connectivity index (χ0) is 13.8. The van der Waals surface area contributed by atoms with Gasteiger partial charge in [-0.25, -0.2) is 0 Å². The fourth-order valence-electron chi connectivity index (χ4n) is 1.49. The van der Waals surface area contributed by atoms with Gasteiger partial charge in [0.1, 0.15) is 0 Å². The van der Waals surface area contributed by atoms with Crippen molar-refractivity contribution in [3.63, 3.8) is 0 Å². The largest absolute Gasteiger partial charge is 0.416 e. The van der Waals surface area contributed by atoms with Gasteiger partial charge < -0.3 is 15.8 Å². The summed E-state index contributed by atoms with van der Waals surface area (Å²) >= 11 is 0. The quantitative estimate of drug-likeness (QED) is 0.857. The number of nitrogens with two attached hydrogens (primary N) is 1. The fraction of sp³-hybridized carbons (Fsp3) is 0.500. The van der Waals surface area contributed by atoms with Crippen molar-refractivity contribution in [1.82, 2.24) is 0 Å². The van der Waals surface area contributed by atoms with Crippen LogP contribution in [0.15, 0.2) is 18.2 Å². The van der Waals surface area contributed by atoms with E-state index in [0.29, 0.717) is 12.2 Å². The van der Waals surface area contributed by atoms with Crippen LogP contribution in [0.3, 0.4) is 0 Å². The summed E-state index contributed by atoms with van der Waals surface area (Å²) < 4.78 is 43.0. The van der Waals surface area contributed by atoms with Crippen molar-refractivity contribution < 1.29 is 17.9 Å². The number of methoxy groups -OCH3 is 1. The molecule has 3 nitrogen and oxygen atoms in total. The maximum Gasteiger partial charge on any atom is 0.416 e. The fourth-order valence-corrected chi connectivity index (χ4v) is 1.49. The first-order chi connectivity index (χ1) is 8.38. The number of halogens is 3. The first-order valence-corrected chi connectivity index (χ1v) is 5.55. The van der Waals surface area contributed by atoms with E-state index in [2.05, 4.69) is 5.32 Å². The molecular weight excluding hydrogens is 245 g/mol. The van der Waals surface area contributed by atoms with Gasteiger partial charge in [0.25, 0.3) is 0 Å². The third-order valence-corrected chi connectivity index (χ3v) is 2.63. The minimum atomic E-state index is -4.37. The normalized spacial score (nSPS) is 13.4. The molecule has 0 heterocycles. The predicted molar refractivity (Wildman–Crippen MR) is 64.3 cm³/mol. The molecule has 0 aliphatic rings. The van der Waals surface area contributed by atoms with E-state index in [4.69, 9.17) is 10.5 Å². The summed E-state index contributed by atoms with van der Waals surface area (Å²) in [7, 11) is 1.57. The molecule has 102 valence electrons. The van der Waals surface area contributed by atoms with Gasteiger partial charge in [-0.15, -0.1) is 0 Å². The second kappa shape index (κ2) is 6.06. The number of benzene rings is 1. The van der Waals surface area contributed by atoms with Crippen LogP contribution >= 0.6 is 0 Å². The Morgan fingerprint density at radius 2 is 2.06 bits per heavy atom. The smallest absolute Gasteiger partial charge is 0.382 e. The second-order valence-electron chi connectivity index (χ2n) is 4.00. The van der Waals surface area contributed by atoms with Crippen LogP contribution in [0.5, 0.6) is 0 Å². The summed E-state index contributed by atoms with van der Waals surface area (Å²) in [6, 6.07) is 3.86. The molecule has 0 amide bonds. The van der Waals surface area contributed by atoms with E-state index in [1.165, 1.54) is 12.1 Å². The van der Waals surface area contributed by atoms with E-state index in [-0.39, 0.29) is 18.2 Å². The van der Waals surface area contributed by atoms with Crippen LogP contribution in [0.2, 0.25) is 0 Å². The maximum absolute atomic E-state index is 12.6. The van der Waals surface area contributed by atoms with Crippen molar-refractivity contribution in [3.05, 3.63) is 29.3 Å². The lowest BCUT2D eigenvalue weighted by molar-refractivity contribution is -0.138. The lowest BCUT2D eigenvalue weighted by atomic mass is 10.1. The van der Waals surface area contributed by atoms with Crippen molar-refractivity contribution in [2.45, 2.75) is 25.7 Å². The van der Waals surface area contributed by atoms with Crippen molar-refractivity contribution in [2.24, 2.45) is 5.73 Å². The lowest BCUT2D eigenvalue weighted by Crippen LogP contribution is -2.19. The van der Waals surface area contributed by atoms with Gasteiger partial charge in [0, 0.05) is 25.9 Å². The van der Waals surface area contributed by atoms with Gasteiger partial charge in [0.2, 0.25) is 0 Å². The number of rotatable bonds is 5. The number of hydrogen-bond acceptors (Lipinski definition) is 3. The Kier molecular flexibility index (Phi) is 4.98. The third kappa shape index (κ3) is 3.89. The molecular formula is C12H17F3N2O. The van der Waals surface area contributed by atoms with Crippen molar-refractivity contribution in [1.29, 1.82) is 0 Å². The van der Waals surface area contributed by atoms with Gasteiger partial charge in [0.05, 0.1) is 11.7 Å². The van der Waals surface area contributed by atoms with Crippen LogP contribution in [0.25, 0.3) is 0 Å². The number of hydrogen-bond donors (Lipinski definition) is 2. The molecule has 0 saturated heterocycles. The molecule has 0 spiro atoms. The van der Waals surface area contributed by atoms with Gasteiger partial charge >= 0.3 is 6.18 Å². The van der Waals surface area contributed by atoms with Gasteiger partial charge in [-0.1, -0.05) is 0 Å². The molecule has 18 heavy (non-hydrogen) atoms. The SMILES string of the molecule is COC(C)CNc1ccc(C(F)(F)F)c(CN)c1. The Hall–Kier alpha value is -1.27. The minimum Gasteiger partial charge on any atom is -0.382 e. The molecule has 0 bridgehead atoms. The molecule has 1 aromatic rings. The summed E-state index contributed by atoms with van der Waals surface area (Å²) in [5.74, 6) is 0. The zero-order valence-electron chi connectivity index (χ0n) is 10.3. The van der Waals surface area contributed by atoms with E-state index < -0.39 is 11.7 Å². The van der Waals surface area contributed by atoms with Crippen LogP contribution < -0.4 is 11.1 Å². The lowest BCUT2D eigenvalue weighted by Gasteiger charge is -2.15. The third-order valence-electron chi connectivity index (χ3n) is 2.63. The molecule has 3 N–H and O–H groups in total. The van der Waals surface area contributed by atoms with Crippen molar-refractivity contribution in [3.8, 4) is 0 Å². The summed E-state index contributed by atoms with van der Waals surface area (Å²) in [6.07, 6.45) is -4.39. The molecule has 1 unspecified atom stereocenters. The Balaban J connectivity index is 2.86. The second-order valence-corrected chi connectivity index (χ2v) is 4.00. The first kappa shape index (κ1) is 14.8. The van der Waals surface area contributed by atoms with Gasteiger partial charge in [-0.05, 0) is 30.7 Å². The highest BCUT2D eigenvalue weighted by Crippen LogP contribution is 2.33. The number of alkyl halides is 3. The predicted octanol–water partition coefficient (Wildman–Crippen LogP) is 2.61. The van der Waals surface area contributed by atoms with E-state index in [1.54, 1.807) is 7.11 Å². The highest BCUT2D eigenvalue weighted by atomic mass is 19.4. The average molecular weight is 262 g/mol. The average Bonchev–Trinajstić information content (AvgIpc) is 2.34. The summed E-state index contributed by atoms with van der Waals surface area (Å²) in [5, 5.41) is 3.00. The zero-order valence-corrected chi connectivity index (χ0v) is 10.3. The highest BCUT2D eigenvalue weighted by Gasteiger charge is 2.32. The monoisotopic (exact) mass is 262 g/mol. The van der Waals surface area contributed by atoms with Crippen LogP contribution in [-0.2, 0) is 17.5 Å². The van der Waals surface area contributed by atoms with Crippen LogP contribution in [0, 0.1) is 0 Å². The standard InChI is InChI=1S/C12H17F3N2O/c1-8(18-2)7-17-10-3-4-11(12(13,14)15)9(5-10)6-16/h3-5,8,17H,6-7,16H2,1-2H3. The molecule has 0 aliphatic carbocycles. The number of nitrogens with one attached hydrogen (secondary N) is 1. The van der Waals surface area contributed by atoms with Crippen molar-refractivity contribution >= 4 is 5.69 Å². The summed E-state index contributed by atoms with van der Waals surface area (Å²) in [5.41, 5.74) is 5.35. The molecule has 0 aliphatic heterocycles. The van der Waals surface area contributed by atoms with Gasteiger partial charge in [0.15, 0.2) is 0 Å². The summed E-state index contributed by atoms with van der Waals surface area (Å²) in [4.78, 5) is 0. The molecule has 0 saturated carbocycles. The van der Waals surface area contributed by atoms with Gasteiger partial charge in [-0.3, -0.25) is 0 Å². The van der Waals surface area contributed by atoms with E-state index in [0.717, 1.165) is 6.07 Å². The van der Waals surface area contributed by atoms with E-state index in [9.17, 15) is 13.2 Å². The molecule has 0 radical (unpaired) electrons. The molecule has 1 aromatic carbocycles. The highest BCUT2D eigenvalue weighted by molar-refractivity contribution is 5.49. The van der Waals surface area contributed by atoms with Crippen LogP contribution in [0.4, 0.5) is 18.9 Å². The van der Waals surface area contributed by atoms with E-state index >= 15 is 0 Å². The Bertz CT molecular complexity index is 393. The number of ether oxygens (including phenoxy) is 1. The molecule has 1 rings (SSSR count). The molecule has 6 heteroatoms. The topological polar surface area (TPSA) is 47.3 Å². The van der Waals surface area contributed by atoms with Gasteiger partial charge in [-0.2, -0.15) is 13.2 Å². The maximum atomic E-state index is 12.6.